The van der Waals surface area contributed by atoms with Crippen LogP contribution in [0.15, 0.2) is 12.1 Å². The van der Waals surface area contributed by atoms with Gasteiger partial charge in [0.25, 0.3) is 5.91 Å². The molecule has 2 N–H and O–H groups in total. The van der Waals surface area contributed by atoms with Gasteiger partial charge in [-0.15, -0.1) is 0 Å². The van der Waals surface area contributed by atoms with Crippen molar-refractivity contribution in [2.45, 2.75) is 40.2 Å². The number of carbonyl (C=O) groups is 1. The number of nitrogens with two attached hydrogens (primary N) is 1. The van der Waals surface area contributed by atoms with Crippen molar-refractivity contribution in [1.29, 1.82) is 0 Å². The summed E-state index contributed by atoms with van der Waals surface area (Å²) in [6.07, 6.45) is 0. The van der Waals surface area contributed by atoms with Crippen LogP contribution in [0.2, 0.25) is 5.02 Å². The van der Waals surface area contributed by atoms with Gasteiger partial charge in [-0.1, -0.05) is 11.6 Å². The molecule has 0 aliphatic heterocycles. The van der Waals surface area contributed by atoms with Gasteiger partial charge >= 0.3 is 0 Å². The topological polar surface area (TPSA) is 46.3 Å². The zero-order valence-electron chi connectivity index (χ0n) is 11.0. The van der Waals surface area contributed by atoms with Crippen LogP contribution in [0, 0.1) is 13.8 Å². The molecule has 0 fully saturated rings. The van der Waals surface area contributed by atoms with E-state index in [9.17, 15) is 4.79 Å². The molecule has 0 atom stereocenters. The Morgan fingerprint density at radius 2 is 1.65 bits per heavy atom. The highest BCUT2D eigenvalue weighted by Crippen LogP contribution is 2.23. The number of hydrogen-bond acceptors (Lipinski definition) is 2. The second-order valence-electron chi connectivity index (χ2n) is 5.27. The average molecular weight is 255 g/mol. The van der Waals surface area contributed by atoms with E-state index in [0.29, 0.717) is 10.6 Å². The van der Waals surface area contributed by atoms with Gasteiger partial charge < -0.3 is 0 Å². The Balaban J connectivity index is 3.14. The molecule has 0 unspecified atom stereocenters. The van der Waals surface area contributed by atoms with E-state index in [4.69, 9.17) is 17.4 Å². The van der Waals surface area contributed by atoms with Gasteiger partial charge in [-0.05, 0) is 57.9 Å². The van der Waals surface area contributed by atoms with Gasteiger partial charge in [0.1, 0.15) is 0 Å². The largest absolute Gasteiger partial charge is 0.271 e. The number of nitrogens with zero attached hydrogens (tertiary/aromatic N) is 1. The van der Waals surface area contributed by atoms with E-state index in [1.54, 1.807) is 12.1 Å². The molecule has 4 heteroatoms. The Morgan fingerprint density at radius 3 is 2.00 bits per heavy atom. The fourth-order valence-corrected chi connectivity index (χ4v) is 1.62. The van der Waals surface area contributed by atoms with Crippen molar-refractivity contribution in [3.8, 4) is 0 Å². The SMILES string of the molecule is Cc1cc(C(=O)N(N)C(C)(C)C)cc(C)c1Cl. The van der Waals surface area contributed by atoms with Crippen LogP contribution >= 0.6 is 11.6 Å². The molecule has 94 valence electrons. The van der Waals surface area contributed by atoms with E-state index < -0.39 is 5.54 Å². The summed E-state index contributed by atoms with van der Waals surface area (Å²) in [6, 6.07) is 3.53. The fourth-order valence-electron chi connectivity index (χ4n) is 1.51. The van der Waals surface area contributed by atoms with Gasteiger partial charge in [0.05, 0.1) is 5.54 Å². The monoisotopic (exact) mass is 254 g/mol. The maximum Gasteiger partial charge on any atom is 0.268 e. The Labute approximate surface area is 108 Å². The molecular weight excluding hydrogens is 236 g/mol. The van der Waals surface area contributed by atoms with Gasteiger partial charge in [-0.3, -0.25) is 9.80 Å². The highest BCUT2D eigenvalue weighted by atomic mass is 35.5. The van der Waals surface area contributed by atoms with Gasteiger partial charge in [0, 0.05) is 10.6 Å². The maximum absolute atomic E-state index is 12.2. The van der Waals surface area contributed by atoms with Crippen LogP contribution in [0.5, 0.6) is 0 Å². The molecule has 0 heterocycles. The van der Waals surface area contributed by atoms with Crippen LogP contribution in [-0.4, -0.2) is 16.5 Å². The summed E-state index contributed by atoms with van der Waals surface area (Å²) in [6.45, 7) is 9.43. The van der Waals surface area contributed by atoms with Crippen LogP contribution in [0.25, 0.3) is 0 Å². The van der Waals surface area contributed by atoms with Crippen molar-refractivity contribution in [3.63, 3.8) is 0 Å². The molecule has 1 aromatic carbocycles. The third kappa shape index (κ3) is 2.99. The molecule has 0 aliphatic carbocycles. The minimum absolute atomic E-state index is 0.194. The first kappa shape index (κ1) is 14.0. The van der Waals surface area contributed by atoms with Crippen molar-refractivity contribution < 1.29 is 4.79 Å². The van der Waals surface area contributed by atoms with Gasteiger partial charge in [-0.25, -0.2) is 5.84 Å². The molecule has 0 spiro atoms. The number of aryl methyl sites for hydroxylation is 2. The number of halogens is 1. The summed E-state index contributed by atoms with van der Waals surface area (Å²) in [7, 11) is 0. The fraction of sp³-hybridized carbons (Fsp3) is 0.462. The predicted octanol–water partition coefficient (Wildman–Crippen LogP) is 3.07. The number of rotatable bonds is 1. The quantitative estimate of drug-likeness (QED) is 0.476. The molecule has 1 aromatic rings. The third-order valence-electron chi connectivity index (χ3n) is 2.62. The van der Waals surface area contributed by atoms with Gasteiger partial charge in [0.15, 0.2) is 0 Å². The minimum Gasteiger partial charge on any atom is -0.271 e. The Hall–Kier alpha value is -1.06. The maximum atomic E-state index is 12.2. The lowest BCUT2D eigenvalue weighted by Gasteiger charge is -2.31. The van der Waals surface area contributed by atoms with Crippen molar-refractivity contribution >= 4 is 17.5 Å². The zero-order chi connectivity index (χ0) is 13.4. The normalized spacial score (nSPS) is 11.5. The Morgan fingerprint density at radius 1 is 1.24 bits per heavy atom. The van der Waals surface area contributed by atoms with Crippen molar-refractivity contribution in [1.82, 2.24) is 5.01 Å². The zero-order valence-corrected chi connectivity index (χ0v) is 11.7. The highest BCUT2D eigenvalue weighted by molar-refractivity contribution is 6.32. The van der Waals surface area contributed by atoms with Crippen molar-refractivity contribution in [2.24, 2.45) is 5.84 Å². The lowest BCUT2D eigenvalue weighted by atomic mass is 10.0. The Kier molecular flexibility index (Phi) is 3.84. The lowest BCUT2D eigenvalue weighted by molar-refractivity contribution is 0.0581. The number of hydrazine groups is 1. The second-order valence-corrected chi connectivity index (χ2v) is 5.65. The molecule has 1 rings (SSSR count). The number of amides is 1. The molecule has 3 nitrogen and oxygen atoms in total. The minimum atomic E-state index is -0.404. The molecule has 0 radical (unpaired) electrons. The molecule has 0 aromatic heterocycles. The van der Waals surface area contributed by atoms with Crippen LogP contribution in [0.3, 0.4) is 0 Å². The smallest absolute Gasteiger partial charge is 0.268 e. The molecule has 0 saturated carbocycles. The number of benzene rings is 1. The van der Waals surface area contributed by atoms with E-state index in [-0.39, 0.29) is 5.91 Å². The summed E-state index contributed by atoms with van der Waals surface area (Å²) in [5, 5.41) is 1.94. The number of hydrogen-bond donors (Lipinski definition) is 1. The molecule has 0 aliphatic rings. The molecule has 1 amide bonds. The summed E-state index contributed by atoms with van der Waals surface area (Å²) >= 11 is 6.07. The van der Waals surface area contributed by atoms with Crippen molar-refractivity contribution in [2.75, 3.05) is 0 Å². The van der Waals surface area contributed by atoms with E-state index in [1.807, 2.05) is 34.6 Å². The highest BCUT2D eigenvalue weighted by Gasteiger charge is 2.24. The summed E-state index contributed by atoms with van der Waals surface area (Å²) < 4.78 is 0. The van der Waals surface area contributed by atoms with E-state index >= 15 is 0 Å². The van der Waals surface area contributed by atoms with Crippen LogP contribution in [0.4, 0.5) is 0 Å². The van der Waals surface area contributed by atoms with Crippen molar-refractivity contribution in [3.05, 3.63) is 33.8 Å². The van der Waals surface area contributed by atoms with E-state index in [2.05, 4.69) is 0 Å². The van der Waals surface area contributed by atoms with E-state index in [0.717, 1.165) is 11.1 Å². The third-order valence-corrected chi connectivity index (χ3v) is 3.22. The lowest BCUT2D eigenvalue weighted by Crippen LogP contribution is -2.50. The van der Waals surface area contributed by atoms with Crippen LogP contribution in [-0.2, 0) is 0 Å². The second kappa shape index (κ2) is 4.67. The number of carbonyl (C=O) groups excluding carboxylic acids is 1. The summed E-state index contributed by atoms with van der Waals surface area (Å²) in [5.41, 5.74) is 1.94. The predicted molar refractivity (Wildman–Crippen MR) is 71.0 cm³/mol. The summed E-state index contributed by atoms with van der Waals surface area (Å²) in [4.78, 5) is 12.2. The molecular formula is C13H19ClN2O. The van der Waals surface area contributed by atoms with E-state index in [1.165, 1.54) is 5.01 Å². The Bertz CT molecular complexity index is 426. The van der Waals surface area contributed by atoms with Crippen LogP contribution < -0.4 is 5.84 Å². The molecule has 17 heavy (non-hydrogen) atoms. The summed E-state index contributed by atoms with van der Waals surface area (Å²) in [5.74, 6) is 5.62. The first-order chi connectivity index (χ1) is 7.64. The van der Waals surface area contributed by atoms with Crippen LogP contribution in [0.1, 0.15) is 42.3 Å². The van der Waals surface area contributed by atoms with Gasteiger partial charge in [-0.2, -0.15) is 0 Å². The molecule has 0 saturated heterocycles. The molecule has 0 bridgehead atoms. The first-order valence-electron chi connectivity index (χ1n) is 5.50. The standard InChI is InChI=1S/C13H19ClN2O/c1-8-6-10(7-9(2)11(8)14)12(17)16(15)13(3,4)5/h6-7H,15H2,1-5H3. The first-order valence-corrected chi connectivity index (χ1v) is 5.88. The average Bonchev–Trinajstić information content (AvgIpc) is 2.21. The van der Waals surface area contributed by atoms with Gasteiger partial charge in [0.2, 0.25) is 0 Å².